The van der Waals surface area contributed by atoms with Crippen LogP contribution in [0.4, 0.5) is 0 Å². The van der Waals surface area contributed by atoms with E-state index in [-0.39, 0.29) is 31.2 Å². The number of rotatable bonds is 6. The Balaban J connectivity index is 2.24. The van der Waals surface area contributed by atoms with Gasteiger partial charge in [-0.2, -0.15) is 0 Å². The van der Waals surface area contributed by atoms with E-state index in [0.717, 1.165) is 6.42 Å². The normalized spacial score (nSPS) is 27.1. The van der Waals surface area contributed by atoms with Crippen molar-refractivity contribution in [3.63, 3.8) is 0 Å². The van der Waals surface area contributed by atoms with Crippen molar-refractivity contribution in [2.75, 3.05) is 13.2 Å². The zero-order chi connectivity index (χ0) is 10.4. The number of hydrogen-bond acceptors (Lipinski definition) is 4. The Hall–Kier alpha value is -0.450. The lowest BCUT2D eigenvalue weighted by Crippen LogP contribution is -2.16. The lowest BCUT2D eigenvalue weighted by Gasteiger charge is -2.10. The topological polar surface area (TPSA) is 66.8 Å². The highest BCUT2D eigenvalue weighted by Gasteiger charge is 2.32. The molecule has 1 heterocycles. The van der Waals surface area contributed by atoms with Crippen LogP contribution in [0.3, 0.4) is 0 Å². The second-order valence-corrected chi connectivity index (χ2v) is 3.65. The highest BCUT2D eigenvalue weighted by Crippen LogP contribution is 2.22. The van der Waals surface area contributed by atoms with Crippen LogP contribution in [0.15, 0.2) is 0 Å². The third-order valence-electron chi connectivity index (χ3n) is 2.45. The van der Waals surface area contributed by atoms with E-state index in [1.807, 2.05) is 0 Å². The van der Waals surface area contributed by atoms with E-state index < -0.39 is 0 Å². The first-order chi connectivity index (χ1) is 6.77. The van der Waals surface area contributed by atoms with Crippen molar-refractivity contribution in [3.8, 4) is 0 Å². The highest BCUT2D eigenvalue weighted by molar-refractivity contribution is 5.85. The maximum Gasteiger partial charge on any atom is 0.164 e. The van der Waals surface area contributed by atoms with Crippen molar-refractivity contribution in [1.29, 1.82) is 0 Å². The number of aliphatic hydroxyl groups excluding tert-OH is 2. The molecule has 0 aromatic rings. The summed E-state index contributed by atoms with van der Waals surface area (Å²) in [5, 5.41) is 17.2. The third-order valence-corrected chi connectivity index (χ3v) is 2.45. The minimum atomic E-state index is -0.314. The smallest absolute Gasteiger partial charge is 0.164 e. The molecular weight excluding hydrogens is 184 g/mol. The van der Waals surface area contributed by atoms with Gasteiger partial charge in [-0.25, -0.2) is 0 Å². The van der Waals surface area contributed by atoms with Crippen LogP contribution in [-0.4, -0.2) is 41.4 Å². The van der Waals surface area contributed by atoms with Gasteiger partial charge in [-0.05, 0) is 25.7 Å². The molecule has 0 amide bonds. The molecule has 82 valence electrons. The first-order valence-electron chi connectivity index (χ1n) is 5.17. The molecule has 2 atom stereocenters. The monoisotopic (exact) mass is 202 g/mol. The fourth-order valence-electron chi connectivity index (χ4n) is 1.71. The Morgan fingerprint density at radius 1 is 1.21 bits per heavy atom. The molecule has 2 N–H and O–H groups in total. The molecule has 0 bridgehead atoms. The van der Waals surface area contributed by atoms with Gasteiger partial charge in [0.1, 0.15) is 6.10 Å². The molecular formula is C10H18O4. The predicted octanol–water partition coefficient (Wildman–Crippen LogP) is 0.258. The van der Waals surface area contributed by atoms with Gasteiger partial charge in [0.15, 0.2) is 5.78 Å². The van der Waals surface area contributed by atoms with Gasteiger partial charge in [0.05, 0.1) is 6.10 Å². The second kappa shape index (κ2) is 6.11. The van der Waals surface area contributed by atoms with Gasteiger partial charge in [-0.15, -0.1) is 0 Å². The van der Waals surface area contributed by atoms with E-state index in [2.05, 4.69) is 0 Å². The van der Waals surface area contributed by atoms with E-state index in [0.29, 0.717) is 25.7 Å². The Morgan fingerprint density at radius 2 is 1.86 bits per heavy atom. The minimum Gasteiger partial charge on any atom is -0.396 e. The number of ether oxygens (including phenoxy) is 1. The summed E-state index contributed by atoms with van der Waals surface area (Å²) in [6.07, 6.45) is 2.80. The Labute approximate surface area is 83.9 Å². The van der Waals surface area contributed by atoms with Crippen LogP contribution in [0.25, 0.3) is 0 Å². The highest BCUT2D eigenvalue weighted by atomic mass is 16.5. The number of hydrogen-bond donors (Lipinski definition) is 2. The zero-order valence-electron chi connectivity index (χ0n) is 8.32. The minimum absolute atomic E-state index is 0.0154. The Bertz CT molecular complexity index is 181. The molecule has 1 aliphatic rings. The van der Waals surface area contributed by atoms with Crippen LogP contribution in [0.2, 0.25) is 0 Å². The molecule has 4 heteroatoms. The van der Waals surface area contributed by atoms with Crippen LogP contribution in [-0.2, 0) is 9.53 Å². The first-order valence-corrected chi connectivity index (χ1v) is 5.17. The third kappa shape index (κ3) is 3.36. The van der Waals surface area contributed by atoms with Gasteiger partial charge in [0, 0.05) is 19.6 Å². The summed E-state index contributed by atoms with van der Waals surface area (Å²) in [4.78, 5) is 11.4. The molecule has 0 unspecified atom stereocenters. The van der Waals surface area contributed by atoms with Crippen molar-refractivity contribution in [1.82, 2.24) is 0 Å². The lowest BCUT2D eigenvalue weighted by atomic mass is 10.1. The molecule has 1 rings (SSSR count). The molecule has 1 saturated heterocycles. The number of ketones is 1. The largest absolute Gasteiger partial charge is 0.396 e. The molecule has 0 spiro atoms. The summed E-state index contributed by atoms with van der Waals surface area (Å²) in [6, 6.07) is 0. The SMILES string of the molecule is O=C1C[C@H](CCCO)O[C@H]1CCCO. The fourth-order valence-corrected chi connectivity index (χ4v) is 1.71. The van der Waals surface area contributed by atoms with Crippen molar-refractivity contribution >= 4 is 5.78 Å². The fraction of sp³-hybridized carbons (Fsp3) is 0.900. The average Bonchev–Trinajstić information content (AvgIpc) is 2.53. The number of Topliss-reactive ketones (excluding diaryl/α,β-unsaturated/α-hetero) is 1. The number of carbonyl (C=O) groups is 1. The van der Waals surface area contributed by atoms with Crippen LogP contribution < -0.4 is 0 Å². The standard InChI is InChI=1S/C10H18O4/c11-5-1-3-8-7-9(13)10(14-8)4-2-6-12/h8,10-12H,1-7H2/t8-,10-/m0/s1. The predicted molar refractivity (Wildman–Crippen MR) is 50.9 cm³/mol. The van der Waals surface area contributed by atoms with Crippen LogP contribution in [0, 0.1) is 0 Å². The van der Waals surface area contributed by atoms with Gasteiger partial charge in [-0.1, -0.05) is 0 Å². The Kier molecular flexibility index (Phi) is 5.07. The first kappa shape index (κ1) is 11.6. The molecule has 0 radical (unpaired) electrons. The molecule has 0 aromatic heterocycles. The van der Waals surface area contributed by atoms with Gasteiger partial charge in [0.2, 0.25) is 0 Å². The van der Waals surface area contributed by atoms with Crippen LogP contribution in [0.5, 0.6) is 0 Å². The molecule has 1 aliphatic heterocycles. The van der Waals surface area contributed by atoms with Crippen molar-refractivity contribution in [2.24, 2.45) is 0 Å². The summed E-state index contributed by atoms with van der Waals surface area (Å²) in [6.45, 7) is 0.254. The maximum atomic E-state index is 11.4. The molecule has 0 aliphatic carbocycles. The zero-order valence-corrected chi connectivity index (χ0v) is 8.32. The quantitative estimate of drug-likeness (QED) is 0.648. The van der Waals surface area contributed by atoms with Crippen LogP contribution in [0.1, 0.15) is 32.1 Å². The summed E-state index contributed by atoms with van der Waals surface area (Å²) in [5.74, 6) is 0.140. The molecule has 0 aromatic carbocycles. The van der Waals surface area contributed by atoms with Gasteiger partial charge >= 0.3 is 0 Å². The van der Waals surface area contributed by atoms with Crippen molar-refractivity contribution in [3.05, 3.63) is 0 Å². The molecule has 4 nitrogen and oxygen atoms in total. The van der Waals surface area contributed by atoms with Gasteiger partial charge in [0.25, 0.3) is 0 Å². The second-order valence-electron chi connectivity index (χ2n) is 3.65. The summed E-state index contributed by atoms with van der Waals surface area (Å²) in [7, 11) is 0. The number of aliphatic hydroxyl groups is 2. The number of carbonyl (C=O) groups excluding carboxylic acids is 1. The van der Waals surface area contributed by atoms with Gasteiger partial charge < -0.3 is 14.9 Å². The van der Waals surface area contributed by atoms with E-state index in [1.54, 1.807) is 0 Å². The average molecular weight is 202 g/mol. The van der Waals surface area contributed by atoms with E-state index in [1.165, 1.54) is 0 Å². The van der Waals surface area contributed by atoms with Gasteiger partial charge in [-0.3, -0.25) is 4.79 Å². The van der Waals surface area contributed by atoms with E-state index in [9.17, 15) is 4.79 Å². The van der Waals surface area contributed by atoms with Crippen LogP contribution >= 0.6 is 0 Å². The summed E-state index contributed by atoms with van der Waals surface area (Å²) in [5.41, 5.74) is 0. The summed E-state index contributed by atoms with van der Waals surface area (Å²) < 4.78 is 5.51. The molecule has 1 fully saturated rings. The van der Waals surface area contributed by atoms with E-state index in [4.69, 9.17) is 14.9 Å². The maximum absolute atomic E-state index is 11.4. The van der Waals surface area contributed by atoms with Crippen molar-refractivity contribution in [2.45, 2.75) is 44.3 Å². The van der Waals surface area contributed by atoms with Crippen molar-refractivity contribution < 1.29 is 19.7 Å². The molecule has 0 saturated carbocycles. The summed E-state index contributed by atoms with van der Waals surface area (Å²) >= 11 is 0. The lowest BCUT2D eigenvalue weighted by molar-refractivity contribution is -0.123. The molecule has 14 heavy (non-hydrogen) atoms. The Morgan fingerprint density at radius 3 is 2.50 bits per heavy atom. The van der Waals surface area contributed by atoms with E-state index >= 15 is 0 Å².